The first-order valence-corrected chi connectivity index (χ1v) is 5.05. The van der Waals surface area contributed by atoms with Crippen molar-refractivity contribution >= 4 is 0 Å². The fraction of sp³-hybridized carbons (Fsp3) is 0.700. The molecule has 1 aromatic heterocycles. The molecule has 1 fully saturated rings. The molecule has 0 bridgehead atoms. The first-order chi connectivity index (χ1) is 6.81. The Balaban J connectivity index is 1.98. The Morgan fingerprint density at radius 3 is 3.21 bits per heavy atom. The molecule has 1 N–H and O–H groups in total. The van der Waals surface area contributed by atoms with E-state index in [2.05, 4.69) is 17.0 Å². The summed E-state index contributed by atoms with van der Waals surface area (Å²) in [5.74, 6) is 1.44. The second-order valence-corrected chi connectivity index (χ2v) is 3.97. The first kappa shape index (κ1) is 9.68. The lowest BCUT2D eigenvalue weighted by Crippen LogP contribution is -2.34. The number of aromatic nitrogens is 1. The van der Waals surface area contributed by atoms with E-state index in [0.717, 1.165) is 25.3 Å². The summed E-state index contributed by atoms with van der Waals surface area (Å²) in [4.78, 5) is 2.26. The molecule has 2 atom stereocenters. The van der Waals surface area contributed by atoms with Crippen molar-refractivity contribution < 1.29 is 9.63 Å². The van der Waals surface area contributed by atoms with Gasteiger partial charge in [-0.3, -0.25) is 4.90 Å². The molecule has 0 amide bonds. The SMILES string of the molecule is CC1CCN(Cc2ccno2)C1CO. The molecule has 2 rings (SSSR count). The largest absolute Gasteiger partial charge is 0.395 e. The summed E-state index contributed by atoms with van der Waals surface area (Å²) in [5.41, 5.74) is 0. The topological polar surface area (TPSA) is 49.5 Å². The van der Waals surface area contributed by atoms with Crippen molar-refractivity contribution in [3.8, 4) is 0 Å². The molecular formula is C10H16N2O2. The molecule has 4 nitrogen and oxygen atoms in total. The van der Waals surface area contributed by atoms with Gasteiger partial charge in [-0.1, -0.05) is 12.1 Å². The third kappa shape index (κ3) is 1.81. The average molecular weight is 196 g/mol. The van der Waals surface area contributed by atoms with Crippen LogP contribution in [0.1, 0.15) is 19.1 Å². The van der Waals surface area contributed by atoms with Crippen LogP contribution in [-0.2, 0) is 6.54 Å². The van der Waals surface area contributed by atoms with Crippen LogP contribution in [0.25, 0.3) is 0 Å². The van der Waals surface area contributed by atoms with Gasteiger partial charge in [0.25, 0.3) is 0 Å². The Bertz CT molecular complexity index is 274. The summed E-state index contributed by atoms with van der Waals surface area (Å²) in [7, 11) is 0. The van der Waals surface area contributed by atoms with E-state index in [0.29, 0.717) is 5.92 Å². The van der Waals surface area contributed by atoms with Gasteiger partial charge < -0.3 is 9.63 Å². The van der Waals surface area contributed by atoms with Crippen LogP contribution >= 0.6 is 0 Å². The highest BCUT2D eigenvalue weighted by atomic mass is 16.5. The Morgan fingerprint density at radius 2 is 2.57 bits per heavy atom. The Kier molecular flexibility index (Phi) is 2.84. The Morgan fingerprint density at radius 1 is 1.71 bits per heavy atom. The average Bonchev–Trinajstić information content (AvgIpc) is 2.77. The van der Waals surface area contributed by atoms with Crippen LogP contribution in [0, 0.1) is 5.92 Å². The molecule has 4 heteroatoms. The van der Waals surface area contributed by atoms with Crippen molar-refractivity contribution in [2.24, 2.45) is 5.92 Å². The molecular weight excluding hydrogens is 180 g/mol. The highest BCUT2D eigenvalue weighted by Crippen LogP contribution is 2.24. The molecule has 0 saturated carbocycles. The van der Waals surface area contributed by atoms with Gasteiger partial charge in [-0.25, -0.2) is 0 Å². The number of hydrogen-bond acceptors (Lipinski definition) is 4. The standard InChI is InChI=1S/C10H16N2O2/c1-8-3-5-12(10(8)7-13)6-9-2-4-11-14-9/h2,4,8,10,13H,3,5-7H2,1H3. The summed E-state index contributed by atoms with van der Waals surface area (Å²) in [6.07, 6.45) is 2.81. The van der Waals surface area contributed by atoms with Crippen LogP contribution in [0.15, 0.2) is 16.8 Å². The van der Waals surface area contributed by atoms with Gasteiger partial charge >= 0.3 is 0 Å². The quantitative estimate of drug-likeness (QED) is 0.779. The minimum absolute atomic E-state index is 0.231. The van der Waals surface area contributed by atoms with Gasteiger partial charge in [0.2, 0.25) is 0 Å². The van der Waals surface area contributed by atoms with E-state index in [9.17, 15) is 5.11 Å². The first-order valence-electron chi connectivity index (χ1n) is 5.05. The fourth-order valence-corrected chi connectivity index (χ4v) is 2.10. The second kappa shape index (κ2) is 4.11. The van der Waals surface area contributed by atoms with Crippen LogP contribution in [-0.4, -0.2) is 34.4 Å². The maximum Gasteiger partial charge on any atom is 0.150 e. The van der Waals surface area contributed by atoms with Crippen LogP contribution in [0.2, 0.25) is 0 Å². The molecule has 1 aromatic rings. The van der Waals surface area contributed by atoms with Crippen molar-refractivity contribution in [1.82, 2.24) is 10.1 Å². The normalized spacial score (nSPS) is 28.4. The van der Waals surface area contributed by atoms with Crippen LogP contribution in [0.3, 0.4) is 0 Å². The van der Waals surface area contributed by atoms with E-state index in [1.54, 1.807) is 6.20 Å². The van der Waals surface area contributed by atoms with Crippen molar-refractivity contribution in [2.45, 2.75) is 25.9 Å². The molecule has 2 unspecified atom stereocenters. The third-order valence-corrected chi connectivity index (χ3v) is 3.03. The zero-order valence-corrected chi connectivity index (χ0v) is 8.39. The number of aliphatic hydroxyl groups excluding tert-OH is 1. The minimum atomic E-state index is 0.231. The van der Waals surface area contributed by atoms with E-state index in [4.69, 9.17) is 4.52 Å². The summed E-state index contributed by atoms with van der Waals surface area (Å²) in [5, 5.41) is 12.9. The third-order valence-electron chi connectivity index (χ3n) is 3.03. The summed E-state index contributed by atoms with van der Waals surface area (Å²) >= 11 is 0. The number of hydrogen-bond donors (Lipinski definition) is 1. The molecule has 0 aromatic carbocycles. The van der Waals surface area contributed by atoms with Crippen LogP contribution < -0.4 is 0 Å². The van der Waals surface area contributed by atoms with Crippen LogP contribution in [0.5, 0.6) is 0 Å². The van der Waals surface area contributed by atoms with E-state index in [1.807, 2.05) is 6.07 Å². The van der Waals surface area contributed by atoms with E-state index >= 15 is 0 Å². The zero-order valence-electron chi connectivity index (χ0n) is 8.39. The number of aliphatic hydroxyl groups is 1. The summed E-state index contributed by atoms with van der Waals surface area (Å²) in [6, 6.07) is 2.15. The van der Waals surface area contributed by atoms with E-state index < -0.39 is 0 Å². The summed E-state index contributed by atoms with van der Waals surface area (Å²) in [6.45, 7) is 4.21. The maximum atomic E-state index is 9.25. The summed E-state index contributed by atoms with van der Waals surface area (Å²) < 4.78 is 5.05. The molecule has 1 saturated heterocycles. The Labute approximate surface area is 83.5 Å². The lowest BCUT2D eigenvalue weighted by Gasteiger charge is -2.23. The molecule has 14 heavy (non-hydrogen) atoms. The fourth-order valence-electron chi connectivity index (χ4n) is 2.10. The van der Waals surface area contributed by atoms with Gasteiger partial charge in [0.15, 0.2) is 5.76 Å². The smallest absolute Gasteiger partial charge is 0.150 e. The van der Waals surface area contributed by atoms with Gasteiger partial charge in [0.05, 0.1) is 19.3 Å². The van der Waals surface area contributed by atoms with Gasteiger partial charge in [0, 0.05) is 12.1 Å². The van der Waals surface area contributed by atoms with Gasteiger partial charge in [-0.05, 0) is 18.9 Å². The molecule has 2 heterocycles. The van der Waals surface area contributed by atoms with Gasteiger partial charge in [0.1, 0.15) is 0 Å². The maximum absolute atomic E-state index is 9.25. The van der Waals surface area contributed by atoms with Crippen molar-refractivity contribution in [3.63, 3.8) is 0 Å². The molecule has 0 radical (unpaired) electrons. The van der Waals surface area contributed by atoms with Gasteiger partial charge in [-0.15, -0.1) is 0 Å². The molecule has 0 spiro atoms. The van der Waals surface area contributed by atoms with E-state index in [-0.39, 0.29) is 12.6 Å². The van der Waals surface area contributed by atoms with E-state index in [1.165, 1.54) is 0 Å². The highest BCUT2D eigenvalue weighted by Gasteiger charge is 2.30. The number of nitrogens with zero attached hydrogens (tertiary/aromatic N) is 2. The minimum Gasteiger partial charge on any atom is -0.395 e. The molecule has 78 valence electrons. The molecule has 0 aliphatic carbocycles. The lowest BCUT2D eigenvalue weighted by molar-refractivity contribution is 0.125. The van der Waals surface area contributed by atoms with Crippen molar-refractivity contribution in [1.29, 1.82) is 0 Å². The van der Waals surface area contributed by atoms with Crippen LogP contribution in [0.4, 0.5) is 0 Å². The second-order valence-electron chi connectivity index (χ2n) is 3.97. The molecule has 1 aliphatic rings. The number of likely N-dealkylation sites (tertiary alicyclic amines) is 1. The zero-order chi connectivity index (χ0) is 9.97. The van der Waals surface area contributed by atoms with Crippen molar-refractivity contribution in [2.75, 3.05) is 13.2 Å². The predicted molar refractivity (Wildman–Crippen MR) is 51.6 cm³/mol. The Hall–Kier alpha value is -0.870. The predicted octanol–water partition coefficient (Wildman–Crippen LogP) is 0.877. The van der Waals surface area contributed by atoms with Gasteiger partial charge in [-0.2, -0.15) is 0 Å². The number of rotatable bonds is 3. The van der Waals surface area contributed by atoms with Crippen molar-refractivity contribution in [3.05, 3.63) is 18.0 Å². The molecule has 1 aliphatic heterocycles. The lowest BCUT2D eigenvalue weighted by atomic mass is 10.0. The highest BCUT2D eigenvalue weighted by molar-refractivity contribution is 4.95. The monoisotopic (exact) mass is 196 g/mol.